The topological polar surface area (TPSA) is 70.1 Å². The summed E-state index contributed by atoms with van der Waals surface area (Å²) in [6, 6.07) is 14.0. The van der Waals surface area contributed by atoms with Gasteiger partial charge in [-0.1, -0.05) is 18.2 Å². The van der Waals surface area contributed by atoms with Crippen molar-refractivity contribution >= 4 is 38.7 Å². The molecule has 0 saturated carbocycles. The molecule has 0 amide bonds. The highest BCUT2D eigenvalue weighted by molar-refractivity contribution is 9.10. The van der Waals surface area contributed by atoms with Gasteiger partial charge in [-0.3, -0.25) is 9.69 Å². The van der Waals surface area contributed by atoms with Crippen molar-refractivity contribution in [3.8, 4) is 6.07 Å². The van der Waals surface area contributed by atoms with E-state index in [9.17, 15) is 10.1 Å². The number of Topliss-reactive ketones (excluding diaryl/α,β-unsaturated/α-hetero) is 1. The van der Waals surface area contributed by atoms with Crippen LogP contribution in [0.2, 0.25) is 0 Å². The number of benzene rings is 1. The number of nitrogens with two attached hydrogens (primary N) is 1. The molecule has 6 heteroatoms. The van der Waals surface area contributed by atoms with Gasteiger partial charge in [0.1, 0.15) is 5.82 Å². The van der Waals surface area contributed by atoms with Gasteiger partial charge in [-0.25, -0.2) is 0 Å². The minimum Gasteiger partial charge on any atom is -0.384 e. The molecule has 4 nitrogen and oxygen atoms in total. The van der Waals surface area contributed by atoms with Gasteiger partial charge < -0.3 is 5.73 Å². The van der Waals surface area contributed by atoms with E-state index < -0.39 is 0 Å². The molecule has 2 aliphatic rings. The summed E-state index contributed by atoms with van der Waals surface area (Å²) in [4.78, 5) is 15.8. The maximum absolute atomic E-state index is 12.9. The van der Waals surface area contributed by atoms with Crippen LogP contribution in [0.3, 0.4) is 0 Å². The third kappa shape index (κ3) is 2.68. The lowest BCUT2D eigenvalue weighted by molar-refractivity contribution is -0.116. The molecular formula is C20H16BrN3OS. The average Bonchev–Trinajstić information content (AvgIpc) is 3.07. The van der Waals surface area contributed by atoms with E-state index in [1.165, 1.54) is 11.3 Å². The van der Waals surface area contributed by atoms with Crippen molar-refractivity contribution in [1.29, 1.82) is 5.26 Å². The molecule has 2 heterocycles. The van der Waals surface area contributed by atoms with Crippen molar-refractivity contribution in [2.24, 2.45) is 5.73 Å². The van der Waals surface area contributed by atoms with Gasteiger partial charge in [0.05, 0.1) is 17.6 Å². The van der Waals surface area contributed by atoms with E-state index in [1.807, 2.05) is 46.7 Å². The molecule has 1 aromatic carbocycles. The normalized spacial score (nSPS) is 20.2. The van der Waals surface area contributed by atoms with E-state index in [0.717, 1.165) is 39.1 Å². The number of para-hydroxylation sites is 1. The molecule has 2 aromatic rings. The van der Waals surface area contributed by atoms with Crippen molar-refractivity contribution in [3.63, 3.8) is 0 Å². The van der Waals surface area contributed by atoms with Crippen LogP contribution in [-0.2, 0) is 4.79 Å². The summed E-state index contributed by atoms with van der Waals surface area (Å²) in [5.74, 6) is 0.155. The van der Waals surface area contributed by atoms with E-state index in [0.29, 0.717) is 17.8 Å². The van der Waals surface area contributed by atoms with Crippen LogP contribution < -0.4 is 10.6 Å². The van der Waals surface area contributed by atoms with Crippen LogP contribution in [0, 0.1) is 11.3 Å². The molecule has 0 bridgehead atoms. The molecule has 2 N–H and O–H groups in total. The first-order valence-corrected chi connectivity index (χ1v) is 10.0. The lowest BCUT2D eigenvalue weighted by Crippen LogP contribution is -2.38. The van der Waals surface area contributed by atoms with Gasteiger partial charge in [0.25, 0.3) is 0 Å². The average molecular weight is 426 g/mol. The van der Waals surface area contributed by atoms with E-state index in [4.69, 9.17) is 5.73 Å². The summed E-state index contributed by atoms with van der Waals surface area (Å²) >= 11 is 5.02. The molecule has 0 fully saturated rings. The number of nitriles is 1. The van der Waals surface area contributed by atoms with Gasteiger partial charge in [0.2, 0.25) is 0 Å². The molecule has 1 aliphatic carbocycles. The predicted molar refractivity (Wildman–Crippen MR) is 106 cm³/mol. The Bertz CT molecular complexity index is 984. The van der Waals surface area contributed by atoms with Crippen molar-refractivity contribution in [2.45, 2.75) is 25.2 Å². The van der Waals surface area contributed by atoms with Crippen LogP contribution >= 0.6 is 27.3 Å². The Hall–Kier alpha value is -2.36. The highest BCUT2D eigenvalue weighted by Gasteiger charge is 2.40. The molecule has 0 unspecified atom stereocenters. The minimum absolute atomic E-state index is 0.113. The van der Waals surface area contributed by atoms with Crippen molar-refractivity contribution < 1.29 is 4.79 Å². The van der Waals surface area contributed by atoms with Gasteiger partial charge >= 0.3 is 0 Å². The maximum atomic E-state index is 12.9. The largest absolute Gasteiger partial charge is 0.384 e. The Morgan fingerprint density at radius 3 is 2.69 bits per heavy atom. The zero-order valence-corrected chi connectivity index (χ0v) is 16.3. The van der Waals surface area contributed by atoms with E-state index in [-0.39, 0.29) is 11.7 Å². The van der Waals surface area contributed by atoms with Gasteiger partial charge in [-0.05, 0) is 47.0 Å². The Kier molecular flexibility index (Phi) is 4.43. The van der Waals surface area contributed by atoms with Crippen LogP contribution in [0.4, 0.5) is 5.69 Å². The number of anilines is 1. The fraction of sp³-hybridized carbons (Fsp3) is 0.200. The lowest BCUT2D eigenvalue weighted by atomic mass is 9.78. The van der Waals surface area contributed by atoms with Crippen molar-refractivity contribution in [2.75, 3.05) is 4.90 Å². The summed E-state index contributed by atoms with van der Waals surface area (Å²) < 4.78 is 0.948. The predicted octanol–water partition coefficient (Wildman–Crippen LogP) is 4.82. The van der Waals surface area contributed by atoms with Crippen LogP contribution in [0.1, 0.15) is 30.1 Å². The number of allylic oxidation sites excluding steroid dienone is 3. The monoisotopic (exact) mass is 425 g/mol. The molecule has 4 rings (SSSR count). The van der Waals surface area contributed by atoms with Crippen molar-refractivity contribution in [3.05, 3.63) is 73.8 Å². The SMILES string of the molecule is N#CC1=C(N)N(c2ccccc2)C2=C(C(=O)CCC2)[C@H]1c1cc(Br)cs1. The smallest absolute Gasteiger partial charge is 0.161 e. The standard InChI is InChI=1S/C20H16BrN3OS/c21-12-9-17(26-11-12)18-14(10-22)20(23)24(13-5-2-1-3-6-13)15-7-4-8-16(25)19(15)18/h1-3,5-6,9,11,18H,4,7-8,23H2/t18-/m1/s1. The number of rotatable bonds is 2. The molecule has 1 aliphatic heterocycles. The van der Waals surface area contributed by atoms with Crippen molar-refractivity contribution in [1.82, 2.24) is 0 Å². The van der Waals surface area contributed by atoms with Gasteiger partial charge in [-0.2, -0.15) is 5.26 Å². The van der Waals surface area contributed by atoms with Gasteiger partial charge in [0.15, 0.2) is 5.78 Å². The van der Waals surface area contributed by atoms with E-state index in [2.05, 4.69) is 22.0 Å². The maximum Gasteiger partial charge on any atom is 0.161 e. The summed E-state index contributed by atoms with van der Waals surface area (Å²) in [6.45, 7) is 0. The first kappa shape index (κ1) is 17.1. The second kappa shape index (κ2) is 6.75. The highest BCUT2D eigenvalue weighted by atomic mass is 79.9. The van der Waals surface area contributed by atoms with Crippen LogP contribution in [0.25, 0.3) is 0 Å². The third-order valence-electron chi connectivity index (χ3n) is 4.80. The zero-order chi connectivity index (χ0) is 18.3. The second-order valence-corrected chi connectivity index (χ2v) is 8.18. The minimum atomic E-state index is -0.376. The van der Waals surface area contributed by atoms with Crippen LogP contribution in [0.15, 0.2) is 68.9 Å². The third-order valence-corrected chi connectivity index (χ3v) is 6.56. The van der Waals surface area contributed by atoms with Crippen LogP contribution in [-0.4, -0.2) is 5.78 Å². The zero-order valence-electron chi connectivity index (χ0n) is 13.9. The van der Waals surface area contributed by atoms with Gasteiger partial charge in [-0.15, -0.1) is 11.3 Å². The number of halogens is 1. The lowest BCUT2D eigenvalue weighted by Gasteiger charge is -2.39. The fourth-order valence-corrected chi connectivity index (χ4v) is 5.28. The van der Waals surface area contributed by atoms with E-state index in [1.54, 1.807) is 0 Å². The highest BCUT2D eigenvalue weighted by Crippen LogP contribution is 2.47. The Labute approximate surface area is 164 Å². The summed E-state index contributed by atoms with van der Waals surface area (Å²) in [6.07, 6.45) is 2.10. The fourth-order valence-electron chi connectivity index (χ4n) is 3.72. The Morgan fingerprint density at radius 2 is 2.04 bits per heavy atom. The molecule has 0 spiro atoms. The molecule has 0 radical (unpaired) electrons. The number of hydrogen-bond acceptors (Lipinski definition) is 5. The quantitative estimate of drug-likeness (QED) is 0.748. The first-order chi connectivity index (χ1) is 12.6. The molecule has 26 heavy (non-hydrogen) atoms. The molecule has 0 saturated heterocycles. The molecular weight excluding hydrogens is 410 g/mol. The van der Waals surface area contributed by atoms with E-state index >= 15 is 0 Å². The Morgan fingerprint density at radius 1 is 1.27 bits per heavy atom. The summed E-state index contributed by atoms with van der Waals surface area (Å²) in [5, 5.41) is 11.9. The molecule has 130 valence electrons. The Balaban J connectivity index is 1.97. The number of hydrogen-bond donors (Lipinski definition) is 1. The number of thiophene rings is 1. The number of carbonyl (C=O) groups excluding carboxylic acids is 1. The first-order valence-electron chi connectivity index (χ1n) is 8.37. The second-order valence-electron chi connectivity index (χ2n) is 6.32. The number of nitrogens with zero attached hydrogens (tertiary/aromatic N) is 2. The number of ketones is 1. The molecule has 1 aromatic heterocycles. The summed E-state index contributed by atoms with van der Waals surface area (Å²) in [5.41, 5.74) is 9.46. The molecule has 1 atom stereocenters. The van der Waals surface area contributed by atoms with Crippen LogP contribution in [0.5, 0.6) is 0 Å². The number of carbonyl (C=O) groups is 1. The summed E-state index contributed by atoms with van der Waals surface area (Å²) in [7, 11) is 0. The van der Waals surface area contributed by atoms with Gasteiger partial charge in [0, 0.05) is 38.1 Å².